The van der Waals surface area contributed by atoms with Crippen LogP contribution in [0.2, 0.25) is 0 Å². The Morgan fingerprint density at radius 3 is 3.10 bits per heavy atom. The fraction of sp³-hybridized carbons (Fsp3) is 0.857. The van der Waals surface area contributed by atoms with Gasteiger partial charge in [-0.25, -0.2) is 0 Å². The first-order valence-corrected chi connectivity index (χ1v) is 4.99. The zero-order chi connectivity index (χ0) is 7.40. The van der Waals surface area contributed by atoms with Crippen LogP contribution in [0.25, 0.3) is 0 Å². The van der Waals surface area contributed by atoms with Gasteiger partial charge in [0.2, 0.25) is 0 Å². The van der Waals surface area contributed by atoms with Crippen molar-refractivity contribution in [2.75, 3.05) is 18.6 Å². The molecule has 0 spiro atoms. The van der Waals surface area contributed by atoms with Gasteiger partial charge in [-0.3, -0.25) is 4.79 Å². The number of Topliss-reactive ketones (excluding diaryl/α,β-unsaturated/α-hetero) is 1. The van der Waals surface area contributed by atoms with Crippen molar-refractivity contribution in [3.8, 4) is 0 Å². The summed E-state index contributed by atoms with van der Waals surface area (Å²) in [6.07, 6.45) is 4.16. The highest BCUT2D eigenvalue weighted by molar-refractivity contribution is 7.99. The number of ketones is 1. The van der Waals surface area contributed by atoms with Crippen LogP contribution < -0.4 is 5.32 Å². The molecule has 0 bridgehead atoms. The maximum Gasteiger partial charge on any atom is 0.159 e. The van der Waals surface area contributed by atoms with Gasteiger partial charge in [0.15, 0.2) is 5.78 Å². The number of thioether (sulfide) groups is 1. The molecule has 2 nitrogen and oxygen atoms in total. The van der Waals surface area contributed by atoms with Gasteiger partial charge >= 0.3 is 0 Å². The molecule has 0 radical (unpaired) electrons. The molecule has 1 atom stereocenters. The third-order valence-corrected chi connectivity index (χ3v) is 2.31. The molecule has 0 aromatic rings. The van der Waals surface area contributed by atoms with E-state index in [1.165, 1.54) is 0 Å². The molecule has 1 N–H and O–H groups in total. The first-order valence-electron chi connectivity index (χ1n) is 3.59. The van der Waals surface area contributed by atoms with E-state index in [1.54, 1.807) is 11.8 Å². The Balaban J connectivity index is 2.25. The van der Waals surface area contributed by atoms with Crippen LogP contribution in [-0.4, -0.2) is 30.4 Å². The predicted octanol–water partition coefficient (Wildman–Crippen LogP) is 0.670. The van der Waals surface area contributed by atoms with E-state index in [0.29, 0.717) is 11.5 Å². The topological polar surface area (TPSA) is 29.1 Å². The van der Waals surface area contributed by atoms with E-state index in [0.717, 1.165) is 19.4 Å². The van der Waals surface area contributed by atoms with Gasteiger partial charge in [-0.05, 0) is 25.6 Å². The Bertz CT molecular complexity index is 121. The lowest BCUT2D eigenvalue weighted by Gasteiger charge is -2.05. The minimum atomic E-state index is 0.174. The average Bonchev–Trinajstić information content (AvgIpc) is 2.38. The van der Waals surface area contributed by atoms with E-state index in [-0.39, 0.29) is 6.04 Å². The number of carbonyl (C=O) groups is 1. The third kappa shape index (κ3) is 1.99. The fourth-order valence-corrected chi connectivity index (χ4v) is 1.69. The highest BCUT2D eigenvalue weighted by Crippen LogP contribution is 2.07. The normalized spacial score (nSPS) is 25.1. The zero-order valence-corrected chi connectivity index (χ0v) is 7.04. The van der Waals surface area contributed by atoms with Crippen LogP contribution in [0.15, 0.2) is 0 Å². The van der Waals surface area contributed by atoms with Crippen LogP contribution in [0, 0.1) is 0 Å². The van der Waals surface area contributed by atoms with Crippen LogP contribution in [0.3, 0.4) is 0 Å². The Hall–Kier alpha value is -0.0200. The molecular weight excluding hydrogens is 146 g/mol. The summed E-state index contributed by atoms with van der Waals surface area (Å²) in [4.78, 5) is 11.2. The van der Waals surface area contributed by atoms with Crippen molar-refractivity contribution in [2.24, 2.45) is 0 Å². The molecule has 1 rings (SSSR count). The Kier molecular flexibility index (Phi) is 3.22. The molecule has 0 aromatic heterocycles. The summed E-state index contributed by atoms with van der Waals surface area (Å²) in [7, 11) is 0. The molecule has 3 heteroatoms. The number of rotatable bonds is 3. The van der Waals surface area contributed by atoms with Gasteiger partial charge in [-0.15, -0.1) is 0 Å². The first-order chi connectivity index (χ1) is 4.84. The lowest BCUT2D eigenvalue weighted by atomic mass is 10.2. The minimum absolute atomic E-state index is 0.174. The average molecular weight is 159 g/mol. The number of hydrogen-bond acceptors (Lipinski definition) is 3. The number of nitrogens with one attached hydrogen (secondary N) is 1. The van der Waals surface area contributed by atoms with Crippen LogP contribution in [-0.2, 0) is 4.79 Å². The molecular formula is C7H13NOS. The van der Waals surface area contributed by atoms with Gasteiger partial charge in [0.25, 0.3) is 0 Å². The highest BCUT2D eigenvalue weighted by Gasteiger charge is 2.20. The Morgan fingerprint density at radius 1 is 1.80 bits per heavy atom. The molecule has 58 valence electrons. The van der Waals surface area contributed by atoms with Crippen molar-refractivity contribution in [2.45, 2.75) is 18.9 Å². The Morgan fingerprint density at radius 2 is 2.60 bits per heavy atom. The van der Waals surface area contributed by atoms with E-state index < -0.39 is 0 Å². The lowest BCUT2D eigenvalue weighted by Crippen LogP contribution is -2.31. The fourth-order valence-electron chi connectivity index (χ4n) is 1.20. The Labute approximate surface area is 65.8 Å². The summed E-state index contributed by atoms with van der Waals surface area (Å²) in [6, 6.07) is 0.174. The zero-order valence-electron chi connectivity index (χ0n) is 6.22. The first kappa shape index (κ1) is 8.08. The van der Waals surface area contributed by atoms with Crippen molar-refractivity contribution < 1.29 is 4.79 Å². The number of hydrogen-bond donors (Lipinski definition) is 1. The maximum atomic E-state index is 11.2. The van der Waals surface area contributed by atoms with Crippen LogP contribution in [0.5, 0.6) is 0 Å². The van der Waals surface area contributed by atoms with E-state index in [9.17, 15) is 4.79 Å². The van der Waals surface area contributed by atoms with Crippen LogP contribution in [0.1, 0.15) is 12.8 Å². The molecule has 1 fully saturated rings. The quantitative estimate of drug-likeness (QED) is 0.656. The van der Waals surface area contributed by atoms with Crippen molar-refractivity contribution >= 4 is 17.5 Å². The molecule has 0 saturated carbocycles. The smallest absolute Gasteiger partial charge is 0.159 e. The second-order valence-electron chi connectivity index (χ2n) is 2.55. The molecule has 10 heavy (non-hydrogen) atoms. The molecule has 1 saturated heterocycles. The van der Waals surface area contributed by atoms with Crippen LogP contribution in [0.4, 0.5) is 0 Å². The van der Waals surface area contributed by atoms with E-state index in [2.05, 4.69) is 5.32 Å². The molecule has 1 aliphatic rings. The molecule has 0 aromatic carbocycles. The molecule has 0 amide bonds. The predicted molar refractivity (Wildman–Crippen MR) is 44.4 cm³/mol. The van der Waals surface area contributed by atoms with Gasteiger partial charge in [0.1, 0.15) is 0 Å². The van der Waals surface area contributed by atoms with Crippen LogP contribution >= 0.6 is 11.8 Å². The summed E-state index contributed by atoms with van der Waals surface area (Å²) in [5.41, 5.74) is 0. The molecule has 1 aliphatic heterocycles. The summed E-state index contributed by atoms with van der Waals surface area (Å²) in [6.45, 7) is 1.02. The van der Waals surface area contributed by atoms with E-state index in [1.807, 2.05) is 6.26 Å². The van der Waals surface area contributed by atoms with Gasteiger partial charge < -0.3 is 5.32 Å². The van der Waals surface area contributed by atoms with E-state index >= 15 is 0 Å². The minimum Gasteiger partial charge on any atom is -0.307 e. The van der Waals surface area contributed by atoms with Gasteiger partial charge in [0, 0.05) is 0 Å². The standard InChI is InChI=1S/C7H13NOS/c1-10-5-7(9)6-3-2-4-8-6/h6,8H,2-5H2,1H3. The van der Waals surface area contributed by atoms with Gasteiger partial charge in [-0.2, -0.15) is 11.8 Å². The molecule has 1 unspecified atom stereocenters. The van der Waals surface area contributed by atoms with E-state index in [4.69, 9.17) is 0 Å². The third-order valence-electron chi connectivity index (χ3n) is 1.74. The van der Waals surface area contributed by atoms with Crippen molar-refractivity contribution in [3.05, 3.63) is 0 Å². The van der Waals surface area contributed by atoms with Gasteiger partial charge in [-0.1, -0.05) is 0 Å². The lowest BCUT2D eigenvalue weighted by molar-refractivity contribution is -0.118. The number of carbonyl (C=O) groups excluding carboxylic acids is 1. The van der Waals surface area contributed by atoms with Crippen molar-refractivity contribution in [3.63, 3.8) is 0 Å². The van der Waals surface area contributed by atoms with Crippen molar-refractivity contribution in [1.82, 2.24) is 5.32 Å². The second kappa shape index (κ2) is 3.98. The van der Waals surface area contributed by atoms with Crippen molar-refractivity contribution in [1.29, 1.82) is 0 Å². The monoisotopic (exact) mass is 159 g/mol. The summed E-state index contributed by atoms with van der Waals surface area (Å²) >= 11 is 1.61. The molecule has 0 aliphatic carbocycles. The summed E-state index contributed by atoms with van der Waals surface area (Å²) in [5, 5.41) is 3.18. The van der Waals surface area contributed by atoms with Gasteiger partial charge in [0.05, 0.1) is 11.8 Å². The highest BCUT2D eigenvalue weighted by atomic mass is 32.2. The summed E-state index contributed by atoms with van der Waals surface area (Å²) in [5.74, 6) is 1.03. The maximum absolute atomic E-state index is 11.2. The summed E-state index contributed by atoms with van der Waals surface area (Å²) < 4.78 is 0. The SMILES string of the molecule is CSCC(=O)C1CCCN1. The second-order valence-corrected chi connectivity index (χ2v) is 3.41. The molecule has 1 heterocycles. The largest absolute Gasteiger partial charge is 0.307 e.